The molecule has 34 heavy (non-hydrogen) atoms. The van der Waals surface area contributed by atoms with Gasteiger partial charge in [0, 0.05) is 18.2 Å². The normalized spacial score (nSPS) is 25.4. The number of carbonyl (C=O) groups excluding carboxylic acids is 3. The summed E-state index contributed by atoms with van der Waals surface area (Å²) >= 11 is 0. The molecule has 3 aliphatic rings. The van der Waals surface area contributed by atoms with Gasteiger partial charge in [0.15, 0.2) is 5.79 Å². The molecule has 2 aromatic carbocycles. The third-order valence-electron chi connectivity index (χ3n) is 6.57. The molecule has 3 atom stereocenters. The first-order valence-electron chi connectivity index (χ1n) is 11.1. The van der Waals surface area contributed by atoms with Crippen molar-refractivity contribution in [1.82, 2.24) is 9.80 Å². The quantitative estimate of drug-likeness (QED) is 0.476. The van der Waals surface area contributed by atoms with Crippen LogP contribution in [0.1, 0.15) is 40.1 Å². The van der Waals surface area contributed by atoms with E-state index in [4.69, 9.17) is 18.9 Å². The van der Waals surface area contributed by atoms with Crippen molar-refractivity contribution in [2.75, 3.05) is 20.8 Å². The summed E-state index contributed by atoms with van der Waals surface area (Å²) in [4.78, 5) is 42.4. The van der Waals surface area contributed by atoms with Gasteiger partial charge in [-0.25, -0.2) is 0 Å². The molecule has 2 saturated heterocycles. The molecule has 0 bridgehead atoms. The molecular formula is C25H26N2O7. The molecular weight excluding hydrogens is 440 g/mol. The summed E-state index contributed by atoms with van der Waals surface area (Å²) in [6, 6.07) is 10.4. The van der Waals surface area contributed by atoms with Crippen molar-refractivity contribution in [3.63, 3.8) is 0 Å². The van der Waals surface area contributed by atoms with Crippen LogP contribution in [0.4, 0.5) is 0 Å². The number of benzene rings is 2. The third kappa shape index (κ3) is 3.43. The number of amides is 3. The Hall–Kier alpha value is -3.43. The standard InChI is InChI=1S/C25H26N2O7/c1-25(2)33-13-19(34-25)20-21(27-22(28)16-7-5-6-8-17(16)23(27)29)24(30)26(20)12-14-9-10-15(31-3)11-18(14)32-4/h5-11,19-21H,12-13H2,1-4H3/t19-,20?,21?/m0/s1. The van der Waals surface area contributed by atoms with Crippen LogP contribution in [-0.4, -0.2) is 72.3 Å². The highest BCUT2D eigenvalue weighted by molar-refractivity contribution is 6.23. The van der Waals surface area contributed by atoms with Crippen LogP contribution in [-0.2, 0) is 20.8 Å². The van der Waals surface area contributed by atoms with Gasteiger partial charge in [-0.05, 0) is 38.1 Å². The van der Waals surface area contributed by atoms with Gasteiger partial charge >= 0.3 is 0 Å². The van der Waals surface area contributed by atoms with Gasteiger partial charge in [0.25, 0.3) is 11.8 Å². The van der Waals surface area contributed by atoms with E-state index >= 15 is 0 Å². The van der Waals surface area contributed by atoms with E-state index < -0.39 is 35.8 Å². The van der Waals surface area contributed by atoms with E-state index in [2.05, 4.69) is 0 Å². The van der Waals surface area contributed by atoms with E-state index in [0.717, 1.165) is 10.5 Å². The molecule has 2 fully saturated rings. The van der Waals surface area contributed by atoms with E-state index in [9.17, 15) is 14.4 Å². The van der Waals surface area contributed by atoms with Gasteiger partial charge in [0.05, 0.1) is 38.0 Å². The second-order valence-electron chi connectivity index (χ2n) is 8.97. The molecule has 2 aromatic rings. The highest BCUT2D eigenvalue weighted by atomic mass is 16.7. The summed E-state index contributed by atoms with van der Waals surface area (Å²) in [6.07, 6.45) is -0.508. The smallest absolute Gasteiger partial charge is 0.262 e. The number of nitrogens with zero attached hydrogens (tertiary/aromatic N) is 2. The van der Waals surface area contributed by atoms with Gasteiger partial charge < -0.3 is 23.8 Å². The topological polar surface area (TPSA) is 94.6 Å². The Morgan fingerprint density at radius 1 is 1.00 bits per heavy atom. The molecule has 0 radical (unpaired) electrons. The van der Waals surface area contributed by atoms with E-state index in [0.29, 0.717) is 22.6 Å². The van der Waals surface area contributed by atoms with Crippen molar-refractivity contribution in [2.45, 2.75) is 44.4 Å². The third-order valence-corrected chi connectivity index (χ3v) is 6.57. The monoisotopic (exact) mass is 466 g/mol. The number of likely N-dealkylation sites (tertiary alicyclic amines) is 1. The Kier molecular flexibility index (Phi) is 5.33. The minimum absolute atomic E-state index is 0.219. The second-order valence-corrected chi connectivity index (χ2v) is 8.97. The lowest BCUT2D eigenvalue weighted by atomic mass is 9.88. The van der Waals surface area contributed by atoms with Crippen LogP contribution in [0.25, 0.3) is 0 Å². The molecule has 2 unspecified atom stereocenters. The number of ether oxygens (including phenoxy) is 4. The zero-order valence-electron chi connectivity index (χ0n) is 19.4. The van der Waals surface area contributed by atoms with E-state index in [1.54, 1.807) is 69.4 Å². The molecule has 9 heteroatoms. The van der Waals surface area contributed by atoms with Gasteiger partial charge in [0.1, 0.15) is 23.6 Å². The number of β-lactam (4-membered cyclic amide) rings is 1. The Morgan fingerprint density at radius 3 is 2.24 bits per heavy atom. The maximum Gasteiger partial charge on any atom is 0.262 e. The van der Waals surface area contributed by atoms with E-state index in [1.807, 2.05) is 6.07 Å². The molecule has 9 nitrogen and oxygen atoms in total. The van der Waals surface area contributed by atoms with Crippen LogP contribution < -0.4 is 9.47 Å². The molecule has 0 aliphatic carbocycles. The molecule has 0 N–H and O–H groups in total. The number of hydrogen-bond acceptors (Lipinski definition) is 7. The number of imide groups is 1. The summed E-state index contributed by atoms with van der Waals surface area (Å²) in [6.45, 7) is 4.04. The van der Waals surface area contributed by atoms with Gasteiger partial charge in [-0.15, -0.1) is 0 Å². The fraction of sp³-hybridized carbons (Fsp3) is 0.400. The minimum Gasteiger partial charge on any atom is -0.497 e. The van der Waals surface area contributed by atoms with Crippen molar-refractivity contribution in [1.29, 1.82) is 0 Å². The van der Waals surface area contributed by atoms with Crippen LogP contribution >= 0.6 is 0 Å². The molecule has 0 aromatic heterocycles. The molecule has 3 heterocycles. The Balaban J connectivity index is 1.48. The van der Waals surface area contributed by atoms with Crippen LogP contribution in [0.2, 0.25) is 0 Å². The molecule has 3 amide bonds. The highest BCUT2D eigenvalue weighted by Gasteiger charge is 2.60. The molecule has 3 aliphatic heterocycles. The largest absolute Gasteiger partial charge is 0.497 e. The van der Waals surface area contributed by atoms with Crippen LogP contribution in [0.15, 0.2) is 42.5 Å². The van der Waals surface area contributed by atoms with Crippen molar-refractivity contribution >= 4 is 17.7 Å². The van der Waals surface area contributed by atoms with Gasteiger partial charge in [-0.3, -0.25) is 19.3 Å². The summed E-state index contributed by atoms with van der Waals surface area (Å²) in [5.41, 5.74) is 1.37. The number of methoxy groups -OCH3 is 2. The van der Waals surface area contributed by atoms with Gasteiger partial charge in [-0.1, -0.05) is 12.1 Å². The lowest BCUT2D eigenvalue weighted by molar-refractivity contribution is -0.179. The Morgan fingerprint density at radius 2 is 1.68 bits per heavy atom. The maximum atomic E-state index is 13.5. The number of fused-ring (bicyclic) bond motifs is 1. The van der Waals surface area contributed by atoms with Crippen molar-refractivity contribution in [2.24, 2.45) is 0 Å². The minimum atomic E-state index is -0.973. The maximum absolute atomic E-state index is 13.5. The zero-order valence-corrected chi connectivity index (χ0v) is 19.4. The fourth-order valence-electron chi connectivity index (χ4n) is 4.91. The molecule has 5 rings (SSSR count). The second kappa shape index (κ2) is 8.11. The summed E-state index contributed by atoms with van der Waals surface area (Å²) in [7, 11) is 3.11. The SMILES string of the molecule is COc1ccc(CN2C(=O)C(N3C(=O)c4ccccc4C3=O)C2[C@@H]2COC(C)(C)O2)c(OC)c1. The van der Waals surface area contributed by atoms with Crippen LogP contribution in [0.3, 0.4) is 0 Å². The predicted octanol–water partition coefficient (Wildman–Crippen LogP) is 2.23. The number of carbonyl (C=O) groups is 3. The van der Waals surface area contributed by atoms with E-state index in [1.165, 1.54) is 0 Å². The summed E-state index contributed by atoms with van der Waals surface area (Å²) < 4.78 is 22.6. The van der Waals surface area contributed by atoms with E-state index in [-0.39, 0.29) is 19.1 Å². The lowest BCUT2D eigenvalue weighted by Gasteiger charge is -2.51. The van der Waals surface area contributed by atoms with Crippen molar-refractivity contribution < 1.29 is 33.3 Å². The fourth-order valence-corrected chi connectivity index (χ4v) is 4.91. The highest BCUT2D eigenvalue weighted by Crippen LogP contribution is 2.40. The van der Waals surface area contributed by atoms with Gasteiger partial charge in [0.2, 0.25) is 5.91 Å². The molecule has 0 saturated carbocycles. The first-order chi connectivity index (χ1) is 16.3. The molecule has 178 valence electrons. The lowest BCUT2D eigenvalue weighted by Crippen LogP contribution is -2.74. The Labute approximate surface area is 197 Å². The zero-order chi connectivity index (χ0) is 24.2. The van der Waals surface area contributed by atoms with Crippen LogP contribution in [0.5, 0.6) is 11.5 Å². The average molecular weight is 466 g/mol. The predicted molar refractivity (Wildman–Crippen MR) is 120 cm³/mol. The first-order valence-corrected chi connectivity index (χ1v) is 11.1. The van der Waals surface area contributed by atoms with Gasteiger partial charge in [-0.2, -0.15) is 0 Å². The summed E-state index contributed by atoms with van der Waals surface area (Å²) in [5, 5.41) is 0. The number of rotatable bonds is 6. The first kappa shape index (κ1) is 22.4. The summed E-state index contributed by atoms with van der Waals surface area (Å²) in [5.74, 6) is -0.901. The average Bonchev–Trinajstić information content (AvgIpc) is 3.31. The Bertz CT molecular complexity index is 1140. The van der Waals surface area contributed by atoms with Crippen molar-refractivity contribution in [3.05, 3.63) is 59.2 Å². The van der Waals surface area contributed by atoms with Crippen molar-refractivity contribution in [3.8, 4) is 11.5 Å². The van der Waals surface area contributed by atoms with Crippen LogP contribution in [0, 0.1) is 0 Å². The molecule has 0 spiro atoms. The number of hydrogen-bond donors (Lipinski definition) is 0.